The molecule has 0 aromatic heterocycles. The first-order valence-electron chi connectivity index (χ1n) is 24.5. The molecule has 0 rings (SSSR count). The van der Waals surface area contributed by atoms with Crippen LogP contribution in [0.4, 0.5) is 0 Å². The summed E-state index contributed by atoms with van der Waals surface area (Å²) in [5, 5.41) is 33.3. The lowest BCUT2D eigenvalue weighted by molar-refractivity contribution is -0.124. The predicted molar refractivity (Wildman–Crippen MR) is 236 cm³/mol. The third-order valence-corrected chi connectivity index (χ3v) is 11.6. The Bertz CT molecular complexity index is 758. The molecule has 0 aliphatic carbocycles. The van der Waals surface area contributed by atoms with Gasteiger partial charge in [-0.3, -0.25) is 4.79 Å². The van der Waals surface area contributed by atoms with Gasteiger partial charge in [0.2, 0.25) is 5.91 Å². The van der Waals surface area contributed by atoms with Gasteiger partial charge in [0.1, 0.15) is 6.10 Å². The molecule has 0 aromatic carbocycles. The summed E-state index contributed by atoms with van der Waals surface area (Å²) in [4.78, 5) is 12.4. The van der Waals surface area contributed by atoms with Gasteiger partial charge in [0.15, 0.2) is 0 Å². The zero-order valence-electron chi connectivity index (χ0n) is 36.6. The molecular formula is C49H97NO4. The third kappa shape index (κ3) is 39.3. The number of carbonyl (C=O) groups excluding carboxylic acids is 1. The summed E-state index contributed by atoms with van der Waals surface area (Å²) in [5.74, 6) is -0.143. The number of amides is 1. The van der Waals surface area contributed by atoms with Gasteiger partial charge in [0.05, 0.1) is 18.8 Å². The fraction of sp³-hybridized carbons (Fsp3) is 0.939. The van der Waals surface area contributed by atoms with Crippen LogP contribution in [0.2, 0.25) is 0 Å². The predicted octanol–water partition coefficient (Wildman–Crippen LogP) is 14.4. The van der Waals surface area contributed by atoms with E-state index in [4.69, 9.17) is 0 Å². The lowest BCUT2D eigenvalue weighted by Crippen LogP contribution is -2.50. The zero-order chi connectivity index (χ0) is 39.4. The Morgan fingerprint density at radius 3 is 1.07 bits per heavy atom. The van der Waals surface area contributed by atoms with Crippen LogP contribution in [0.1, 0.15) is 271 Å². The summed E-state index contributed by atoms with van der Waals surface area (Å²) in [7, 11) is 0. The molecule has 54 heavy (non-hydrogen) atoms. The van der Waals surface area contributed by atoms with Crippen LogP contribution in [0.5, 0.6) is 0 Å². The third-order valence-electron chi connectivity index (χ3n) is 11.6. The van der Waals surface area contributed by atoms with Gasteiger partial charge in [-0.1, -0.05) is 238 Å². The fourth-order valence-corrected chi connectivity index (χ4v) is 7.81. The summed E-state index contributed by atoms with van der Waals surface area (Å²) < 4.78 is 0. The van der Waals surface area contributed by atoms with Gasteiger partial charge in [0, 0.05) is 6.42 Å². The number of aliphatic hydroxyl groups excluding tert-OH is 3. The number of rotatable bonds is 45. The molecule has 0 heterocycles. The molecule has 0 fully saturated rings. The highest BCUT2D eigenvalue weighted by Crippen LogP contribution is 2.17. The Hall–Kier alpha value is -0.910. The van der Waals surface area contributed by atoms with Crippen LogP contribution in [-0.4, -0.2) is 46.1 Å². The Morgan fingerprint density at radius 1 is 0.444 bits per heavy atom. The standard InChI is InChI=1S/C49H97NO4/c1-3-5-7-9-11-13-14-15-16-17-18-19-20-21-22-23-24-25-26-27-28-29-30-31-32-33-34-35-36-38-40-42-44-48(53)50-46(45-51)49(54)47(52)43-41-39-37-12-10-8-6-4-2/h21-22,46-47,49,51-52,54H,3-20,23-45H2,1-2H3,(H,50,53)/b22-21-. The van der Waals surface area contributed by atoms with E-state index in [2.05, 4.69) is 31.3 Å². The zero-order valence-corrected chi connectivity index (χ0v) is 36.6. The molecule has 0 bridgehead atoms. The Morgan fingerprint density at radius 2 is 0.741 bits per heavy atom. The van der Waals surface area contributed by atoms with Crippen LogP contribution in [0.3, 0.4) is 0 Å². The molecule has 1 amide bonds. The number of unbranched alkanes of at least 4 members (excludes halogenated alkanes) is 35. The smallest absolute Gasteiger partial charge is 0.220 e. The van der Waals surface area contributed by atoms with E-state index in [1.807, 2.05) is 0 Å². The summed E-state index contributed by atoms with van der Waals surface area (Å²) in [6.07, 6.45) is 53.7. The Kier molecular flexibility index (Phi) is 44.0. The van der Waals surface area contributed by atoms with Gasteiger partial charge < -0.3 is 20.6 Å². The van der Waals surface area contributed by atoms with Crippen molar-refractivity contribution in [2.75, 3.05) is 6.61 Å². The first-order chi connectivity index (χ1) is 26.6. The first-order valence-corrected chi connectivity index (χ1v) is 24.5. The molecule has 3 unspecified atom stereocenters. The molecule has 0 saturated heterocycles. The van der Waals surface area contributed by atoms with Crippen LogP contribution in [0, 0.1) is 0 Å². The van der Waals surface area contributed by atoms with Gasteiger partial charge in [-0.25, -0.2) is 0 Å². The van der Waals surface area contributed by atoms with Crippen molar-refractivity contribution in [3.05, 3.63) is 12.2 Å². The summed E-state index contributed by atoms with van der Waals surface area (Å²) in [6, 6.07) is -0.803. The highest BCUT2D eigenvalue weighted by atomic mass is 16.3. The lowest BCUT2D eigenvalue weighted by Gasteiger charge is -2.26. The molecular weight excluding hydrogens is 667 g/mol. The normalized spacial score (nSPS) is 13.5. The highest BCUT2D eigenvalue weighted by Gasteiger charge is 2.26. The number of hydrogen-bond donors (Lipinski definition) is 4. The molecule has 0 aliphatic rings. The minimum atomic E-state index is -1.13. The van der Waals surface area contributed by atoms with Crippen molar-refractivity contribution in [2.45, 2.75) is 289 Å². The number of carbonyl (C=O) groups is 1. The average molecular weight is 764 g/mol. The second-order valence-corrected chi connectivity index (χ2v) is 17.0. The number of nitrogens with one attached hydrogen (secondary N) is 1. The monoisotopic (exact) mass is 764 g/mol. The average Bonchev–Trinajstić information content (AvgIpc) is 3.18. The molecule has 322 valence electrons. The largest absolute Gasteiger partial charge is 0.394 e. The van der Waals surface area contributed by atoms with Gasteiger partial charge in [-0.15, -0.1) is 0 Å². The SMILES string of the molecule is CCCCCCCCCCCCCC/C=C\CCCCCCCCCCCCCCCCCCC(=O)NC(CO)C(O)C(O)CCCCCCCCCC. The maximum Gasteiger partial charge on any atom is 0.220 e. The van der Waals surface area contributed by atoms with Gasteiger partial charge in [0.25, 0.3) is 0 Å². The van der Waals surface area contributed by atoms with Crippen molar-refractivity contribution >= 4 is 5.91 Å². The van der Waals surface area contributed by atoms with E-state index in [1.165, 1.54) is 205 Å². The molecule has 5 heteroatoms. The maximum absolute atomic E-state index is 12.4. The van der Waals surface area contributed by atoms with E-state index in [-0.39, 0.29) is 12.5 Å². The second kappa shape index (κ2) is 44.8. The van der Waals surface area contributed by atoms with Crippen LogP contribution in [-0.2, 0) is 4.79 Å². The van der Waals surface area contributed by atoms with Crippen molar-refractivity contribution in [3.8, 4) is 0 Å². The molecule has 4 N–H and O–H groups in total. The molecule has 5 nitrogen and oxygen atoms in total. The van der Waals surface area contributed by atoms with Crippen LogP contribution in [0.25, 0.3) is 0 Å². The van der Waals surface area contributed by atoms with E-state index in [1.54, 1.807) is 0 Å². The Balaban J connectivity index is 3.43. The van der Waals surface area contributed by atoms with Crippen molar-refractivity contribution in [1.29, 1.82) is 0 Å². The molecule has 0 radical (unpaired) electrons. The molecule has 0 aromatic rings. The van der Waals surface area contributed by atoms with Crippen molar-refractivity contribution in [1.82, 2.24) is 5.32 Å². The van der Waals surface area contributed by atoms with Crippen molar-refractivity contribution in [3.63, 3.8) is 0 Å². The second-order valence-electron chi connectivity index (χ2n) is 17.0. The van der Waals surface area contributed by atoms with E-state index < -0.39 is 18.2 Å². The Labute approximate surface area is 338 Å². The summed E-state index contributed by atoms with van der Waals surface area (Å²) >= 11 is 0. The topological polar surface area (TPSA) is 89.8 Å². The summed E-state index contributed by atoms with van der Waals surface area (Å²) in [6.45, 7) is 4.16. The molecule has 3 atom stereocenters. The number of hydrogen-bond acceptors (Lipinski definition) is 4. The van der Waals surface area contributed by atoms with Gasteiger partial charge in [-0.05, 0) is 38.5 Å². The van der Waals surface area contributed by atoms with E-state index in [0.717, 1.165) is 38.5 Å². The van der Waals surface area contributed by atoms with Crippen LogP contribution >= 0.6 is 0 Å². The quantitative estimate of drug-likeness (QED) is 0.0367. The molecule has 0 saturated carbocycles. The van der Waals surface area contributed by atoms with Crippen LogP contribution in [0.15, 0.2) is 12.2 Å². The number of aliphatic hydroxyl groups is 3. The van der Waals surface area contributed by atoms with E-state index in [0.29, 0.717) is 12.8 Å². The molecule has 0 spiro atoms. The maximum atomic E-state index is 12.4. The van der Waals surface area contributed by atoms with Crippen molar-refractivity contribution < 1.29 is 20.1 Å². The van der Waals surface area contributed by atoms with Crippen LogP contribution < -0.4 is 5.32 Å². The summed E-state index contributed by atoms with van der Waals surface area (Å²) in [5.41, 5.74) is 0. The van der Waals surface area contributed by atoms with Crippen molar-refractivity contribution in [2.24, 2.45) is 0 Å². The minimum Gasteiger partial charge on any atom is -0.394 e. The van der Waals surface area contributed by atoms with E-state index in [9.17, 15) is 20.1 Å². The fourth-order valence-electron chi connectivity index (χ4n) is 7.81. The number of allylic oxidation sites excluding steroid dienone is 2. The molecule has 0 aliphatic heterocycles. The minimum absolute atomic E-state index is 0.143. The first kappa shape index (κ1) is 53.1. The lowest BCUT2D eigenvalue weighted by atomic mass is 9.99. The highest BCUT2D eigenvalue weighted by molar-refractivity contribution is 5.76. The van der Waals surface area contributed by atoms with Gasteiger partial charge in [-0.2, -0.15) is 0 Å². The van der Waals surface area contributed by atoms with E-state index >= 15 is 0 Å². The van der Waals surface area contributed by atoms with Gasteiger partial charge >= 0.3 is 0 Å².